The van der Waals surface area contributed by atoms with E-state index < -0.39 is 0 Å². The highest BCUT2D eigenvalue weighted by Gasteiger charge is 2.20. The van der Waals surface area contributed by atoms with E-state index >= 15 is 0 Å². The zero-order valence-corrected chi connectivity index (χ0v) is 29.7. The summed E-state index contributed by atoms with van der Waals surface area (Å²) in [6.07, 6.45) is 1.83. The first-order valence-electron chi connectivity index (χ1n) is 18.6. The standard InChI is InChI=1S/C52H31N3/c53-32-40-30-41(55-49-18-8-7-14-43(49)47-17-9-27-54-52(47)55)24-26-42(40)37-23-25-46-48(31-37)51(39-22-20-34-11-2-4-13-36(34)29-39)45-16-6-5-15-44(45)50(46)38-21-19-33-10-1-3-12-35(33)28-38/h1-31H. The fourth-order valence-electron chi connectivity index (χ4n) is 8.73. The molecule has 55 heavy (non-hydrogen) atoms. The molecule has 3 nitrogen and oxygen atoms in total. The Morgan fingerprint density at radius 2 is 0.982 bits per heavy atom. The van der Waals surface area contributed by atoms with Crippen molar-refractivity contribution < 1.29 is 0 Å². The Morgan fingerprint density at radius 1 is 0.418 bits per heavy atom. The summed E-state index contributed by atoms with van der Waals surface area (Å²) in [4.78, 5) is 4.78. The maximum Gasteiger partial charge on any atom is 0.145 e. The summed E-state index contributed by atoms with van der Waals surface area (Å²) in [7, 11) is 0. The van der Waals surface area contributed by atoms with Crippen molar-refractivity contribution in [2.45, 2.75) is 0 Å². The SMILES string of the molecule is N#Cc1cc(-n2c3ccccc3c3cccnc32)ccc1-c1ccc2c(-c3ccc4ccccc4c3)c3ccccc3c(-c3ccc4ccccc4c3)c2c1. The van der Waals surface area contributed by atoms with E-state index in [1.165, 1.54) is 54.4 Å². The van der Waals surface area contributed by atoms with Crippen molar-refractivity contribution >= 4 is 65.0 Å². The molecule has 11 aromatic rings. The van der Waals surface area contributed by atoms with Crippen LogP contribution < -0.4 is 0 Å². The lowest BCUT2D eigenvalue weighted by Gasteiger charge is -2.19. The van der Waals surface area contributed by atoms with Crippen molar-refractivity contribution in [3.05, 3.63) is 194 Å². The average molecular weight is 698 g/mol. The van der Waals surface area contributed by atoms with Gasteiger partial charge in [0.05, 0.1) is 17.1 Å². The van der Waals surface area contributed by atoms with Gasteiger partial charge in [-0.1, -0.05) is 133 Å². The quantitative estimate of drug-likeness (QED) is 0.172. The molecule has 0 bridgehead atoms. The van der Waals surface area contributed by atoms with E-state index in [9.17, 15) is 5.26 Å². The molecule has 0 N–H and O–H groups in total. The van der Waals surface area contributed by atoms with Crippen molar-refractivity contribution in [3.63, 3.8) is 0 Å². The monoisotopic (exact) mass is 697 g/mol. The van der Waals surface area contributed by atoms with Crippen LogP contribution >= 0.6 is 0 Å². The van der Waals surface area contributed by atoms with Gasteiger partial charge in [-0.3, -0.25) is 4.57 Å². The molecule has 0 spiro atoms. The minimum atomic E-state index is 0.613. The minimum absolute atomic E-state index is 0.613. The molecule has 0 aliphatic heterocycles. The minimum Gasteiger partial charge on any atom is -0.294 e. The Morgan fingerprint density at radius 3 is 1.67 bits per heavy atom. The number of pyridine rings is 1. The number of fused-ring (bicyclic) bond motifs is 7. The second-order valence-corrected chi connectivity index (χ2v) is 14.2. The molecule has 0 atom stereocenters. The molecule has 0 radical (unpaired) electrons. The molecule has 9 aromatic carbocycles. The van der Waals surface area contributed by atoms with E-state index in [1.54, 1.807) is 0 Å². The summed E-state index contributed by atoms with van der Waals surface area (Å²) < 4.78 is 2.16. The van der Waals surface area contributed by atoms with Crippen LogP contribution in [0.4, 0.5) is 0 Å². The first-order valence-corrected chi connectivity index (χ1v) is 18.6. The van der Waals surface area contributed by atoms with Gasteiger partial charge in [0.2, 0.25) is 0 Å². The van der Waals surface area contributed by atoms with Gasteiger partial charge in [0.15, 0.2) is 0 Å². The molecule has 0 aliphatic carbocycles. The lowest BCUT2D eigenvalue weighted by atomic mass is 9.84. The van der Waals surface area contributed by atoms with E-state index in [2.05, 4.69) is 180 Å². The van der Waals surface area contributed by atoms with Crippen LogP contribution in [0, 0.1) is 11.3 Å². The third kappa shape index (κ3) is 4.86. The molecule has 0 aliphatic rings. The van der Waals surface area contributed by atoms with Crippen LogP contribution in [0.1, 0.15) is 5.56 Å². The van der Waals surface area contributed by atoms with Gasteiger partial charge in [-0.05, 0) is 125 Å². The van der Waals surface area contributed by atoms with Crippen molar-refractivity contribution in [2.24, 2.45) is 0 Å². The average Bonchev–Trinajstić information content (AvgIpc) is 3.59. The number of rotatable bonds is 4. The first kappa shape index (κ1) is 31.0. The molecule has 2 heterocycles. The molecule has 254 valence electrons. The summed E-state index contributed by atoms with van der Waals surface area (Å²) in [5.74, 6) is 0. The van der Waals surface area contributed by atoms with E-state index in [4.69, 9.17) is 4.98 Å². The lowest BCUT2D eigenvalue weighted by molar-refractivity contribution is 1.13. The molecule has 0 amide bonds. The highest BCUT2D eigenvalue weighted by molar-refractivity contribution is 6.22. The maximum atomic E-state index is 10.7. The first-order chi connectivity index (χ1) is 27.2. The molecule has 2 aromatic heterocycles. The van der Waals surface area contributed by atoms with Gasteiger partial charge in [-0.25, -0.2) is 4.98 Å². The number of aromatic nitrogens is 2. The third-order valence-electron chi connectivity index (χ3n) is 11.2. The van der Waals surface area contributed by atoms with Gasteiger partial charge in [-0.2, -0.15) is 5.26 Å². The van der Waals surface area contributed by atoms with Crippen molar-refractivity contribution in [1.82, 2.24) is 9.55 Å². The lowest BCUT2D eigenvalue weighted by Crippen LogP contribution is -1.97. The molecule has 11 rings (SSSR count). The number of benzene rings is 9. The molecule has 3 heteroatoms. The highest BCUT2D eigenvalue weighted by atomic mass is 15.0. The molecule has 0 fully saturated rings. The number of nitrogens with zero attached hydrogens (tertiary/aromatic N) is 3. The summed E-state index contributed by atoms with van der Waals surface area (Å²) in [5.41, 5.74) is 10.1. The van der Waals surface area contributed by atoms with Gasteiger partial charge in [0, 0.05) is 22.7 Å². The fourth-order valence-corrected chi connectivity index (χ4v) is 8.73. The second kappa shape index (κ2) is 12.3. The van der Waals surface area contributed by atoms with E-state index in [0.29, 0.717) is 5.56 Å². The number of nitriles is 1. The van der Waals surface area contributed by atoms with Crippen LogP contribution in [0.2, 0.25) is 0 Å². The summed E-state index contributed by atoms with van der Waals surface area (Å²) in [5, 5.41) is 22.5. The van der Waals surface area contributed by atoms with E-state index in [0.717, 1.165) is 49.7 Å². The smallest absolute Gasteiger partial charge is 0.145 e. The van der Waals surface area contributed by atoms with E-state index in [-0.39, 0.29) is 0 Å². The van der Waals surface area contributed by atoms with Crippen LogP contribution in [0.15, 0.2) is 188 Å². The van der Waals surface area contributed by atoms with Gasteiger partial charge in [-0.15, -0.1) is 0 Å². The molecule has 0 saturated heterocycles. The van der Waals surface area contributed by atoms with Gasteiger partial charge >= 0.3 is 0 Å². The Kier molecular flexibility index (Phi) is 6.92. The number of hydrogen-bond donors (Lipinski definition) is 0. The summed E-state index contributed by atoms with van der Waals surface area (Å²) >= 11 is 0. The predicted octanol–water partition coefficient (Wildman–Crippen LogP) is 13.7. The van der Waals surface area contributed by atoms with Crippen molar-refractivity contribution in [1.29, 1.82) is 5.26 Å². The number of hydrogen-bond acceptors (Lipinski definition) is 2. The Bertz CT molecular complexity index is 3350. The van der Waals surface area contributed by atoms with Gasteiger partial charge in [0.25, 0.3) is 0 Å². The molecular formula is C52H31N3. The van der Waals surface area contributed by atoms with Crippen LogP contribution in [-0.4, -0.2) is 9.55 Å². The van der Waals surface area contributed by atoms with Crippen molar-refractivity contribution in [3.8, 4) is 45.1 Å². The van der Waals surface area contributed by atoms with Crippen molar-refractivity contribution in [2.75, 3.05) is 0 Å². The summed E-state index contributed by atoms with van der Waals surface area (Å²) in [6.45, 7) is 0. The fraction of sp³-hybridized carbons (Fsp3) is 0. The molecule has 0 unspecified atom stereocenters. The van der Waals surface area contributed by atoms with Crippen LogP contribution in [0.3, 0.4) is 0 Å². The Labute approximate surface area is 317 Å². The zero-order chi connectivity index (χ0) is 36.5. The van der Waals surface area contributed by atoms with E-state index in [1.807, 2.05) is 18.3 Å². The maximum absolute atomic E-state index is 10.7. The summed E-state index contributed by atoms with van der Waals surface area (Å²) in [6, 6.07) is 67.4. The van der Waals surface area contributed by atoms with Crippen LogP contribution in [-0.2, 0) is 0 Å². The zero-order valence-electron chi connectivity index (χ0n) is 29.7. The van der Waals surface area contributed by atoms with Gasteiger partial charge in [0.1, 0.15) is 5.65 Å². The Hall–Kier alpha value is -7.54. The normalized spacial score (nSPS) is 11.6. The van der Waals surface area contributed by atoms with Gasteiger partial charge < -0.3 is 0 Å². The molecule has 0 saturated carbocycles. The van der Waals surface area contributed by atoms with Crippen LogP contribution in [0.25, 0.3) is 104 Å². The molecular weight excluding hydrogens is 667 g/mol. The number of para-hydroxylation sites is 1. The topological polar surface area (TPSA) is 41.6 Å². The predicted molar refractivity (Wildman–Crippen MR) is 230 cm³/mol. The Balaban J connectivity index is 1.18. The highest BCUT2D eigenvalue weighted by Crippen LogP contribution is 2.46. The van der Waals surface area contributed by atoms with Crippen LogP contribution in [0.5, 0.6) is 0 Å². The largest absolute Gasteiger partial charge is 0.294 e. The second-order valence-electron chi connectivity index (χ2n) is 14.2. The third-order valence-corrected chi connectivity index (χ3v) is 11.2.